The lowest BCUT2D eigenvalue weighted by atomic mass is 9.86. The molecule has 90 valence electrons. The highest BCUT2D eigenvalue weighted by atomic mass is 35.5. The highest BCUT2D eigenvalue weighted by molar-refractivity contribution is 6.30. The third kappa shape index (κ3) is 3.27. The van der Waals surface area contributed by atoms with Crippen molar-refractivity contribution in [1.29, 1.82) is 0 Å². The highest BCUT2D eigenvalue weighted by Crippen LogP contribution is 2.28. The van der Waals surface area contributed by atoms with Gasteiger partial charge in [-0.15, -0.1) is 12.4 Å². The SMILES string of the molecule is Cl.NCc1cc(Cl)ccc1OCC1CCC1. The zero-order valence-corrected chi connectivity index (χ0v) is 10.7. The quantitative estimate of drug-likeness (QED) is 0.902. The molecule has 1 aromatic carbocycles. The van der Waals surface area contributed by atoms with E-state index in [4.69, 9.17) is 22.1 Å². The van der Waals surface area contributed by atoms with Crippen molar-refractivity contribution in [2.24, 2.45) is 11.7 Å². The molecule has 0 aliphatic heterocycles. The fourth-order valence-electron chi connectivity index (χ4n) is 1.72. The number of nitrogens with two attached hydrogens (primary N) is 1. The van der Waals surface area contributed by atoms with Crippen LogP contribution in [0.4, 0.5) is 0 Å². The smallest absolute Gasteiger partial charge is 0.123 e. The highest BCUT2D eigenvalue weighted by Gasteiger charge is 2.18. The zero-order valence-electron chi connectivity index (χ0n) is 9.12. The minimum atomic E-state index is 0. The van der Waals surface area contributed by atoms with Gasteiger partial charge >= 0.3 is 0 Å². The van der Waals surface area contributed by atoms with E-state index in [1.165, 1.54) is 19.3 Å². The van der Waals surface area contributed by atoms with Crippen LogP contribution >= 0.6 is 24.0 Å². The van der Waals surface area contributed by atoms with Crippen LogP contribution < -0.4 is 10.5 Å². The average Bonchev–Trinajstić information content (AvgIpc) is 2.17. The van der Waals surface area contributed by atoms with Crippen molar-refractivity contribution in [3.8, 4) is 5.75 Å². The van der Waals surface area contributed by atoms with Crippen LogP contribution in [-0.2, 0) is 6.54 Å². The van der Waals surface area contributed by atoms with Gasteiger partial charge in [0.1, 0.15) is 5.75 Å². The number of benzene rings is 1. The molecule has 2 nitrogen and oxygen atoms in total. The maximum atomic E-state index is 5.89. The summed E-state index contributed by atoms with van der Waals surface area (Å²) in [5, 5.41) is 0.714. The van der Waals surface area contributed by atoms with E-state index in [-0.39, 0.29) is 12.4 Å². The molecule has 0 atom stereocenters. The lowest BCUT2D eigenvalue weighted by Gasteiger charge is -2.25. The molecule has 4 heteroatoms. The predicted molar refractivity (Wildman–Crippen MR) is 69.4 cm³/mol. The Morgan fingerprint density at radius 3 is 2.69 bits per heavy atom. The molecule has 0 aromatic heterocycles. The van der Waals surface area contributed by atoms with E-state index in [0.29, 0.717) is 11.6 Å². The molecule has 0 spiro atoms. The van der Waals surface area contributed by atoms with Gasteiger partial charge in [-0.3, -0.25) is 0 Å². The molecule has 1 aromatic rings. The van der Waals surface area contributed by atoms with Crippen molar-refractivity contribution in [3.05, 3.63) is 28.8 Å². The third-order valence-electron chi connectivity index (χ3n) is 2.94. The summed E-state index contributed by atoms with van der Waals surface area (Å²) < 4.78 is 5.75. The van der Waals surface area contributed by atoms with Crippen LogP contribution in [-0.4, -0.2) is 6.61 Å². The molecule has 0 saturated heterocycles. The Morgan fingerprint density at radius 1 is 1.38 bits per heavy atom. The Balaban J connectivity index is 0.00000128. The summed E-state index contributed by atoms with van der Waals surface area (Å²) in [6, 6.07) is 5.62. The summed E-state index contributed by atoms with van der Waals surface area (Å²) in [6.45, 7) is 1.29. The summed E-state index contributed by atoms with van der Waals surface area (Å²) in [4.78, 5) is 0. The number of hydrogen-bond acceptors (Lipinski definition) is 2. The predicted octanol–water partition coefficient (Wildman–Crippen LogP) is 3.40. The van der Waals surface area contributed by atoms with Crippen molar-refractivity contribution < 1.29 is 4.74 Å². The van der Waals surface area contributed by atoms with Crippen LogP contribution in [0.3, 0.4) is 0 Å². The topological polar surface area (TPSA) is 35.2 Å². The standard InChI is InChI=1S/C12H16ClNO.ClH/c13-11-4-5-12(10(6-11)7-14)15-8-9-2-1-3-9;/h4-6,9H,1-3,7-8,14H2;1H. The van der Waals surface area contributed by atoms with Crippen LogP contribution in [0.15, 0.2) is 18.2 Å². The van der Waals surface area contributed by atoms with Crippen molar-refractivity contribution in [1.82, 2.24) is 0 Å². The minimum absolute atomic E-state index is 0. The summed E-state index contributed by atoms with van der Waals surface area (Å²) in [5.41, 5.74) is 6.62. The van der Waals surface area contributed by atoms with Crippen LogP contribution in [0.1, 0.15) is 24.8 Å². The van der Waals surface area contributed by atoms with Crippen LogP contribution in [0.5, 0.6) is 5.75 Å². The van der Waals surface area contributed by atoms with Gasteiger partial charge in [0.2, 0.25) is 0 Å². The first-order valence-electron chi connectivity index (χ1n) is 5.41. The second-order valence-electron chi connectivity index (χ2n) is 4.06. The summed E-state index contributed by atoms with van der Waals surface area (Å²) in [6.07, 6.45) is 3.94. The molecule has 0 bridgehead atoms. The zero-order chi connectivity index (χ0) is 10.7. The van der Waals surface area contributed by atoms with E-state index in [0.717, 1.165) is 23.8 Å². The van der Waals surface area contributed by atoms with Gasteiger partial charge < -0.3 is 10.5 Å². The summed E-state index contributed by atoms with van der Waals surface area (Å²) >= 11 is 5.89. The maximum absolute atomic E-state index is 5.89. The van der Waals surface area contributed by atoms with Crippen molar-refractivity contribution in [3.63, 3.8) is 0 Å². The van der Waals surface area contributed by atoms with Gasteiger partial charge in [0.25, 0.3) is 0 Å². The molecule has 0 unspecified atom stereocenters. The molecule has 1 saturated carbocycles. The average molecular weight is 262 g/mol. The van der Waals surface area contributed by atoms with Gasteiger partial charge in [0, 0.05) is 17.1 Å². The number of hydrogen-bond donors (Lipinski definition) is 1. The Hall–Kier alpha value is -0.440. The number of halogens is 2. The molecule has 1 aliphatic carbocycles. The second-order valence-corrected chi connectivity index (χ2v) is 4.50. The Kier molecular flexibility index (Phi) is 5.39. The molecule has 1 aliphatic rings. The summed E-state index contributed by atoms with van der Waals surface area (Å²) in [5.74, 6) is 1.63. The lowest BCUT2D eigenvalue weighted by Crippen LogP contribution is -2.19. The first kappa shape index (κ1) is 13.6. The molecular weight excluding hydrogens is 245 g/mol. The normalized spacial score (nSPS) is 15.1. The van der Waals surface area contributed by atoms with Gasteiger partial charge in [-0.05, 0) is 37.0 Å². The fourth-order valence-corrected chi connectivity index (χ4v) is 1.91. The van der Waals surface area contributed by atoms with Gasteiger partial charge in [0.05, 0.1) is 6.61 Å². The van der Waals surface area contributed by atoms with Gasteiger partial charge in [-0.2, -0.15) is 0 Å². The fraction of sp³-hybridized carbons (Fsp3) is 0.500. The van der Waals surface area contributed by atoms with Crippen molar-refractivity contribution in [2.45, 2.75) is 25.8 Å². The first-order chi connectivity index (χ1) is 7.29. The molecule has 1 fully saturated rings. The van der Waals surface area contributed by atoms with E-state index in [1.54, 1.807) is 0 Å². The summed E-state index contributed by atoms with van der Waals surface area (Å²) in [7, 11) is 0. The Bertz CT molecular complexity index is 340. The third-order valence-corrected chi connectivity index (χ3v) is 3.18. The van der Waals surface area contributed by atoms with Crippen molar-refractivity contribution in [2.75, 3.05) is 6.61 Å². The van der Waals surface area contributed by atoms with E-state index in [1.807, 2.05) is 18.2 Å². The van der Waals surface area contributed by atoms with Gasteiger partial charge in [-0.1, -0.05) is 18.0 Å². The van der Waals surface area contributed by atoms with Crippen molar-refractivity contribution >= 4 is 24.0 Å². The minimum Gasteiger partial charge on any atom is -0.493 e. The molecule has 2 N–H and O–H groups in total. The van der Waals surface area contributed by atoms with E-state index < -0.39 is 0 Å². The number of rotatable bonds is 4. The molecule has 0 heterocycles. The van der Waals surface area contributed by atoms with Gasteiger partial charge in [-0.25, -0.2) is 0 Å². The molecule has 0 radical (unpaired) electrons. The lowest BCUT2D eigenvalue weighted by molar-refractivity contribution is 0.179. The first-order valence-corrected chi connectivity index (χ1v) is 5.78. The van der Waals surface area contributed by atoms with Gasteiger partial charge in [0.15, 0.2) is 0 Å². The van der Waals surface area contributed by atoms with E-state index >= 15 is 0 Å². The van der Waals surface area contributed by atoms with E-state index in [9.17, 15) is 0 Å². The van der Waals surface area contributed by atoms with Crippen LogP contribution in [0.2, 0.25) is 5.02 Å². The molecule has 0 amide bonds. The second kappa shape index (κ2) is 6.33. The number of ether oxygens (including phenoxy) is 1. The maximum Gasteiger partial charge on any atom is 0.123 e. The van der Waals surface area contributed by atoms with Crippen LogP contribution in [0, 0.1) is 5.92 Å². The Labute approximate surface area is 108 Å². The molecule has 2 rings (SSSR count). The van der Waals surface area contributed by atoms with E-state index in [2.05, 4.69) is 0 Å². The molecule has 16 heavy (non-hydrogen) atoms. The largest absolute Gasteiger partial charge is 0.493 e. The molecular formula is C12H17Cl2NO. The van der Waals surface area contributed by atoms with Crippen LogP contribution in [0.25, 0.3) is 0 Å². The Morgan fingerprint density at radius 2 is 2.12 bits per heavy atom. The monoisotopic (exact) mass is 261 g/mol.